The lowest BCUT2D eigenvalue weighted by Crippen LogP contribution is -2.15. The van der Waals surface area contributed by atoms with Crippen LogP contribution in [0.25, 0.3) is 0 Å². The Hall–Kier alpha value is -1.70. The Labute approximate surface area is 139 Å². The minimum Gasteiger partial charge on any atom is -0.276 e. The third kappa shape index (κ3) is 4.40. The van der Waals surface area contributed by atoms with Gasteiger partial charge in [0.05, 0.1) is 6.04 Å². The summed E-state index contributed by atoms with van der Waals surface area (Å²) < 4.78 is 3.54. The maximum Gasteiger partial charge on any atom is 0.231 e. The van der Waals surface area contributed by atoms with Gasteiger partial charge in [-0.1, -0.05) is 31.0 Å². The molecule has 2 heterocycles. The van der Waals surface area contributed by atoms with Gasteiger partial charge in [-0.2, -0.15) is 0 Å². The summed E-state index contributed by atoms with van der Waals surface area (Å²) in [6.07, 6.45) is 13.5. The quantitative estimate of drug-likeness (QED) is 0.572. The second-order valence-corrected chi connectivity index (χ2v) is 6.93. The van der Waals surface area contributed by atoms with Gasteiger partial charge in [0.2, 0.25) is 11.1 Å². The molecule has 1 aliphatic rings. The lowest BCUT2D eigenvalue weighted by atomic mass is 9.96. The fourth-order valence-electron chi connectivity index (χ4n) is 2.91. The summed E-state index contributed by atoms with van der Waals surface area (Å²) in [4.78, 5) is 15.7. The van der Waals surface area contributed by atoms with Crippen molar-refractivity contribution in [3.63, 3.8) is 0 Å². The molecule has 7 nitrogen and oxygen atoms in total. The second-order valence-electron chi connectivity index (χ2n) is 5.87. The monoisotopic (exact) mass is 334 g/mol. The number of rotatable bonds is 7. The molecule has 0 unspecified atom stereocenters. The molecule has 0 aromatic carbocycles. The van der Waals surface area contributed by atoms with Crippen molar-refractivity contribution in [3.05, 3.63) is 18.7 Å². The Bertz CT molecular complexity index is 605. The van der Waals surface area contributed by atoms with Gasteiger partial charge in [0.25, 0.3) is 0 Å². The number of unbranched alkanes of at least 4 members (excludes halogenated alkanes) is 1. The predicted octanol–water partition coefficient (Wildman–Crippen LogP) is 2.98. The average Bonchev–Trinajstić information content (AvgIpc) is 3.27. The fourth-order valence-corrected chi connectivity index (χ4v) is 3.86. The van der Waals surface area contributed by atoms with Crippen LogP contribution < -0.4 is 0 Å². The normalized spacial score (nSPS) is 15.8. The van der Waals surface area contributed by atoms with E-state index in [4.69, 9.17) is 0 Å². The lowest BCUT2D eigenvalue weighted by Gasteiger charge is -2.21. The highest BCUT2D eigenvalue weighted by Crippen LogP contribution is 2.30. The molecule has 3 rings (SSSR count). The van der Waals surface area contributed by atoms with Crippen molar-refractivity contribution >= 4 is 17.7 Å². The van der Waals surface area contributed by atoms with Gasteiger partial charge in [-0.15, -0.1) is 5.10 Å². The number of thioether (sulfide) groups is 1. The summed E-state index contributed by atoms with van der Waals surface area (Å²) in [6.45, 7) is 0. The maximum atomic E-state index is 11.8. The molecule has 0 bridgehead atoms. The van der Waals surface area contributed by atoms with Crippen LogP contribution in [0.15, 0.2) is 23.9 Å². The summed E-state index contributed by atoms with van der Waals surface area (Å²) in [6, 6.07) is 0.462. The number of aromatic nitrogens is 6. The van der Waals surface area contributed by atoms with Crippen molar-refractivity contribution in [1.29, 1.82) is 0 Å². The number of carbonyl (C=O) groups excluding carboxylic acids is 1. The van der Waals surface area contributed by atoms with Gasteiger partial charge in [0.1, 0.15) is 6.33 Å². The lowest BCUT2D eigenvalue weighted by molar-refractivity contribution is 0.0899. The SMILES string of the molecule is O=C(CCCCSc1nnnn1C1CCCCC1)n1ccnc1. The Morgan fingerprint density at radius 2 is 2.13 bits per heavy atom. The van der Waals surface area contributed by atoms with Crippen LogP contribution >= 0.6 is 11.8 Å². The van der Waals surface area contributed by atoms with Gasteiger partial charge < -0.3 is 0 Å². The molecule has 0 radical (unpaired) electrons. The number of hydrogen-bond acceptors (Lipinski definition) is 6. The van der Waals surface area contributed by atoms with Crippen LogP contribution in [0.5, 0.6) is 0 Å². The number of tetrazole rings is 1. The van der Waals surface area contributed by atoms with E-state index < -0.39 is 0 Å². The largest absolute Gasteiger partial charge is 0.276 e. The molecule has 0 saturated heterocycles. The fraction of sp³-hybridized carbons (Fsp3) is 0.667. The number of carbonyl (C=O) groups is 1. The van der Waals surface area contributed by atoms with Crippen LogP contribution in [0.2, 0.25) is 0 Å². The van der Waals surface area contributed by atoms with Crippen molar-refractivity contribution in [1.82, 2.24) is 29.8 Å². The van der Waals surface area contributed by atoms with Gasteiger partial charge in [-0.05, 0) is 36.1 Å². The summed E-state index contributed by atoms with van der Waals surface area (Å²) in [7, 11) is 0. The zero-order valence-electron chi connectivity index (χ0n) is 13.2. The standard InChI is InChI=1S/C15H22N6OS/c22-14(20-10-9-16-12-20)8-4-5-11-23-15-17-18-19-21(15)13-6-2-1-3-7-13/h9-10,12-13H,1-8,11H2. The minimum atomic E-state index is 0.0968. The Balaban J connectivity index is 1.39. The van der Waals surface area contributed by atoms with E-state index >= 15 is 0 Å². The van der Waals surface area contributed by atoms with Crippen molar-refractivity contribution in [2.75, 3.05) is 5.75 Å². The zero-order valence-corrected chi connectivity index (χ0v) is 14.0. The molecular weight excluding hydrogens is 312 g/mol. The molecule has 0 N–H and O–H groups in total. The van der Waals surface area contributed by atoms with Gasteiger partial charge in [0, 0.05) is 24.6 Å². The summed E-state index contributed by atoms with van der Waals surface area (Å²) >= 11 is 1.69. The Morgan fingerprint density at radius 1 is 1.26 bits per heavy atom. The Morgan fingerprint density at radius 3 is 2.91 bits per heavy atom. The van der Waals surface area contributed by atoms with Crippen molar-refractivity contribution in [2.24, 2.45) is 0 Å². The van der Waals surface area contributed by atoms with Gasteiger partial charge in [-0.25, -0.2) is 9.67 Å². The first-order valence-corrected chi connectivity index (χ1v) is 9.25. The van der Waals surface area contributed by atoms with E-state index in [1.54, 1.807) is 30.5 Å². The Kier molecular flexibility index (Phi) is 5.79. The highest BCUT2D eigenvalue weighted by atomic mass is 32.2. The zero-order chi connectivity index (χ0) is 15.9. The molecule has 0 atom stereocenters. The molecule has 0 spiro atoms. The molecule has 124 valence electrons. The second kappa shape index (κ2) is 8.24. The third-order valence-electron chi connectivity index (χ3n) is 4.19. The summed E-state index contributed by atoms with van der Waals surface area (Å²) in [5, 5.41) is 13.1. The van der Waals surface area contributed by atoms with Crippen LogP contribution in [0.1, 0.15) is 62.2 Å². The van der Waals surface area contributed by atoms with Gasteiger partial charge >= 0.3 is 0 Å². The highest BCUT2D eigenvalue weighted by molar-refractivity contribution is 7.99. The van der Waals surface area contributed by atoms with Gasteiger partial charge in [-0.3, -0.25) is 9.36 Å². The van der Waals surface area contributed by atoms with Crippen molar-refractivity contribution in [2.45, 2.75) is 62.6 Å². The molecule has 2 aromatic rings. The van der Waals surface area contributed by atoms with E-state index in [-0.39, 0.29) is 5.91 Å². The average molecular weight is 334 g/mol. The van der Waals surface area contributed by atoms with Crippen molar-refractivity contribution in [3.8, 4) is 0 Å². The molecule has 1 saturated carbocycles. The molecular formula is C15H22N6OS. The van der Waals surface area contributed by atoms with E-state index in [1.165, 1.54) is 36.7 Å². The van der Waals surface area contributed by atoms with E-state index in [2.05, 4.69) is 20.5 Å². The first-order chi connectivity index (χ1) is 11.3. The first-order valence-electron chi connectivity index (χ1n) is 8.26. The molecule has 2 aromatic heterocycles. The molecule has 8 heteroatoms. The smallest absolute Gasteiger partial charge is 0.231 e. The molecule has 1 aliphatic carbocycles. The van der Waals surface area contributed by atoms with Gasteiger partial charge in [0.15, 0.2) is 0 Å². The van der Waals surface area contributed by atoms with E-state index in [9.17, 15) is 4.79 Å². The molecule has 0 amide bonds. The number of hydrogen-bond donors (Lipinski definition) is 0. The van der Waals surface area contributed by atoms with E-state index in [0.29, 0.717) is 12.5 Å². The number of nitrogens with zero attached hydrogens (tertiary/aromatic N) is 6. The third-order valence-corrected chi connectivity index (χ3v) is 5.21. The van der Waals surface area contributed by atoms with Crippen LogP contribution in [0.4, 0.5) is 0 Å². The highest BCUT2D eigenvalue weighted by Gasteiger charge is 2.20. The van der Waals surface area contributed by atoms with E-state index in [1.807, 2.05) is 4.68 Å². The molecule has 23 heavy (non-hydrogen) atoms. The summed E-state index contributed by atoms with van der Waals surface area (Å²) in [5.41, 5.74) is 0. The van der Waals surface area contributed by atoms with Crippen molar-refractivity contribution < 1.29 is 4.79 Å². The first kappa shape index (κ1) is 16.2. The molecule has 1 fully saturated rings. The van der Waals surface area contributed by atoms with Crippen LogP contribution in [0.3, 0.4) is 0 Å². The van der Waals surface area contributed by atoms with Crippen LogP contribution in [-0.4, -0.2) is 41.4 Å². The molecule has 0 aliphatic heterocycles. The van der Waals surface area contributed by atoms with E-state index in [0.717, 1.165) is 23.8 Å². The van der Waals surface area contributed by atoms with Crippen LogP contribution in [-0.2, 0) is 0 Å². The predicted molar refractivity (Wildman–Crippen MR) is 87.4 cm³/mol. The minimum absolute atomic E-state index is 0.0968. The van der Waals surface area contributed by atoms with Crippen LogP contribution in [0, 0.1) is 0 Å². The summed E-state index contributed by atoms with van der Waals surface area (Å²) in [5.74, 6) is 1.03. The topological polar surface area (TPSA) is 78.5 Å². The number of imidazole rings is 1. The maximum absolute atomic E-state index is 11.8.